The van der Waals surface area contributed by atoms with Crippen LogP contribution < -0.4 is 18.4 Å². The first-order valence-electron chi connectivity index (χ1n) is 7.74. The van der Waals surface area contributed by atoms with Crippen molar-refractivity contribution >= 4 is 11.3 Å². The van der Waals surface area contributed by atoms with Crippen molar-refractivity contribution in [3.8, 4) is 28.7 Å². The molecule has 3 aromatic rings. The van der Waals surface area contributed by atoms with Gasteiger partial charge in [0.15, 0.2) is 0 Å². The van der Waals surface area contributed by atoms with Gasteiger partial charge in [-0.2, -0.15) is 8.93 Å². The van der Waals surface area contributed by atoms with Gasteiger partial charge in [0, 0.05) is 18.2 Å². The summed E-state index contributed by atoms with van der Waals surface area (Å²) in [5.41, 5.74) is 0.943. The van der Waals surface area contributed by atoms with Gasteiger partial charge in [0.1, 0.15) is 28.7 Å². The SMILES string of the molecule is O=S1NCc2ccc(Oc3ccc(Oc4ccccc4)cc3)cc2O1. The van der Waals surface area contributed by atoms with Gasteiger partial charge in [0.2, 0.25) is 0 Å². The van der Waals surface area contributed by atoms with E-state index in [1.807, 2.05) is 66.7 Å². The molecule has 5 nitrogen and oxygen atoms in total. The Kier molecular flexibility index (Phi) is 4.37. The minimum atomic E-state index is -1.50. The quantitative estimate of drug-likeness (QED) is 0.758. The maximum absolute atomic E-state index is 11.4. The Balaban J connectivity index is 1.46. The van der Waals surface area contributed by atoms with Gasteiger partial charge >= 0.3 is 0 Å². The largest absolute Gasteiger partial charge is 0.457 e. The molecule has 0 amide bonds. The third kappa shape index (κ3) is 3.81. The third-order valence-corrected chi connectivity index (χ3v) is 4.33. The first kappa shape index (κ1) is 15.7. The number of para-hydroxylation sites is 1. The van der Waals surface area contributed by atoms with Gasteiger partial charge in [0.25, 0.3) is 11.3 Å². The molecule has 0 saturated carbocycles. The summed E-state index contributed by atoms with van der Waals surface area (Å²) in [4.78, 5) is 0. The number of benzene rings is 3. The van der Waals surface area contributed by atoms with Crippen molar-refractivity contribution < 1.29 is 17.9 Å². The van der Waals surface area contributed by atoms with E-state index in [0.29, 0.717) is 23.8 Å². The maximum Gasteiger partial charge on any atom is 0.288 e. The molecule has 0 aliphatic carbocycles. The van der Waals surface area contributed by atoms with E-state index in [2.05, 4.69) is 4.72 Å². The normalized spacial score (nSPS) is 15.8. The highest BCUT2D eigenvalue weighted by atomic mass is 32.2. The molecule has 4 rings (SSSR count). The van der Waals surface area contributed by atoms with Gasteiger partial charge < -0.3 is 13.7 Å². The van der Waals surface area contributed by atoms with Crippen LogP contribution in [0.2, 0.25) is 0 Å². The van der Waals surface area contributed by atoms with Gasteiger partial charge in [0.05, 0.1) is 0 Å². The Morgan fingerprint density at radius 3 is 2.12 bits per heavy atom. The van der Waals surface area contributed by atoms with Gasteiger partial charge in [-0.15, -0.1) is 0 Å². The lowest BCUT2D eigenvalue weighted by atomic mass is 10.2. The van der Waals surface area contributed by atoms with Crippen LogP contribution in [-0.4, -0.2) is 4.21 Å². The molecule has 1 aliphatic rings. The minimum Gasteiger partial charge on any atom is -0.457 e. The lowest BCUT2D eigenvalue weighted by Gasteiger charge is -2.17. The number of hydrogen-bond acceptors (Lipinski definition) is 4. The average Bonchev–Trinajstić information content (AvgIpc) is 2.64. The summed E-state index contributed by atoms with van der Waals surface area (Å²) in [6.45, 7) is 0.508. The molecule has 6 heteroatoms. The predicted molar refractivity (Wildman–Crippen MR) is 95.1 cm³/mol. The van der Waals surface area contributed by atoms with E-state index in [1.54, 1.807) is 6.07 Å². The van der Waals surface area contributed by atoms with Crippen LogP contribution in [0.25, 0.3) is 0 Å². The first-order valence-corrected chi connectivity index (χ1v) is 8.81. The molecule has 1 heterocycles. The standard InChI is InChI=1S/C19H15NO4S/c21-25-20-13-14-6-7-18(12-19(14)24-25)23-17-10-8-16(9-11-17)22-15-4-2-1-3-5-15/h1-12,20H,13H2. The Labute approximate surface area is 148 Å². The Morgan fingerprint density at radius 1 is 0.800 bits per heavy atom. The van der Waals surface area contributed by atoms with Crippen molar-refractivity contribution in [3.63, 3.8) is 0 Å². The zero-order valence-electron chi connectivity index (χ0n) is 13.2. The molecule has 1 aliphatic heterocycles. The third-order valence-electron chi connectivity index (χ3n) is 3.62. The smallest absolute Gasteiger partial charge is 0.288 e. The summed E-state index contributed by atoms with van der Waals surface area (Å²) in [7, 11) is 0. The van der Waals surface area contributed by atoms with E-state index >= 15 is 0 Å². The molecule has 0 bridgehead atoms. The Morgan fingerprint density at radius 2 is 1.40 bits per heavy atom. The van der Waals surface area contributed by atoms with Crippen LogP contribution in [0.4, 0.5) is 0 Å². The highest BCUT2D eigenvalue weighted by Gasteiger charge is 2.16. The molecule has 0 aromatic heterocycles. The monoisotopic (exact) mass is 353 g/mol. The van der Waals surface area contributed by atoms with Crippen LogP contribution in [0.5, 0.6) is 28.7 Å². The highest BCUT2D eigenvalue weighted by molar-refractivity contribution is 7.78. The summed E-state index contributed by atoms with van der Waals surface area (Å²) in [6.07, 6.45) is 0. The Bertz CT molecular complexity index is 897. The highest BCUT2D eigenvalue weighted by Crippen LogP contribution is 2.31. The molecule has 1 N–H and O–H groups in total. The second-order valence-corrected chi connectivity index (χ2v) is 6.32. The van der Waals surface area contributed by atoms with Crippen molar-refractivity contribution in [2.45, 2.75) is 6.54 Å². The fourth-order valence-electron chi connectivity index (χ4n) is 2.41. The van der Waals surface area contributed by atoms with Crippen molar-refractivity contribution in [3.05, 3.63) is 78.4 Å². The van der Waals surface area contributed by atoms with E-state index in [-0.39, 0.29) is 0 Å². The minimum absolute atomic E-state index is 0.508. The predicted octanol–water partition coefficient (Wildman–Crippen LogP) is 4.33. The molecule has 0 spiro atoms. The lowest BCUT2D eigenvalue weighted by Crippen LogP contribution is -2.26. The topological polar surface area (TPSA) is 56.8 Å². The molecule has 1 unspecified atom stereocenters. The molecule has 0 radical (unpaired) electrons. The molecule has 1 atom stereocenters. The summed E-state index contributed by atoms with van der Waals surface area (Å²) in [6, 6.07) is 22.4. The molecule has 126 valence electrons. The summed E-state index contributed by atoms with van der Waals surface area (Å²) < 4.78 is 31.0. The molecular formula is C19H15NO4S. The van der Waals surface area contributed by atoms with E-state index in [9.17, 15) is 4.21 Å². The molecular weight excluding hydrogens is 338 g/mol. The van der Waals surface area contributed by atoms with E-state index in [1.165, 1.54) is 0 Å². The van der Waals surface area contributed by atoms with Gasteiger partial charge in [-0.1, -0.05) is 24.3 Å². The lowest BCUT2D eigenvalue weighted by molar-refractivity contribution is 0.465. The number of nitrogens with one attached hydrogen (secondary N) is 1. The molecule has 25 heavy (non-hydrogen) atoms. The second kappa shape index (κ2) is 6.96. The zero-order valence-corrected chi connectivity index (χ0v) is 14.0. The molecule has 0 fully saturated rings. The summed E-state index contributed by atoms with van der Waals surface area (Å²) in [5.74, 6) is 3.38. The van der Waals surface area contributed by atoms with Crippen molar-refractivity contribution in [2.24, 2.45) is 0 Å². The van der Waals surface area contributed by atoms with E-state index in [0.717, 1.165) is 17.1 Å². The van der Waals surface area contributed by atoms with Crippen molar-refractivity contribution in [2.75, 3.05) is 0 Å². The fraction of sp³-hybridized carbons (Fsp3) is 0.0526. The van der Waals surface area contributed by atoms with Gasteiger partial charge in [-0.05, 0) is 42.5 Å². The number of fused-ring (bicyclic) bond motifs is 1. The molecule has 3 aromatic carbocycles. The van der Waals surface area contributed by atoms with E-state index < -0.39 is 11.3 Å². The average molecular weight is 353 g/mol. The van der Waals surface area contributed by atoms with Crippen molar-refractivity contribution in [1.82, 2.24) is 4.72 Å². The Hall–Kier alpha value is -2.83. The number of rotatable bonds is 4. The van der Waals surface area contributed by atoms with Gasteiger partial charge in [-0.25, -0.2) is 0 Å². The number of ether oxygens (including phenoxy) is 2. The molecule has 0 saturated heterocycles. The first-order chi connectivity index (χ1) is 12.3. The summed E-state index contributed by atoms with van der Waals surface area (Å²) >= 11 is -1.50. The van der Waals surface area contributed by atoms with Crippen LogP contribution in [0.1, 0.15) is 5.56 Å². The van der Waals surface area contributed by atoms with Crippen molar-refractivity contribution in [1.29, 1.82) is 0 Å². The zero-order chi connectivity index (χ0) is 17.1. The van der Waals surface area contributed by atoms with Crippen LogP contribution in [0.15, 0.2) is 72.8 Å². The maximum atomic E-state index is 11.4. The number of hydrogen-bond donors (Lipinski definition) is 1. The summed E-state index contributed by atoms with van der Waals surface area (Å²) in [5, 5.41) is 0. The van der Waals surface area contributed by atoms with Crippen LogP contribution in [0, 0.1) is 0 Å². The van der Waals surface area contributed by atoms with Crippen LogP contribution in [0.3, 0.4) is 0 Å². The van der Waals surface area contributed by atoms with Crippen LogP contribution >= 0.6 is 0 Å². The second-order valence-electron chi connectivity index (χ2n) is 5.40. The van der Waals surface area contributed by atoms with Crippen LogP contribution in [-0.2, 0) is 17.8 Å². The fourth-order valence-corrected chi connectivity index (χ4v) is 3.06. The van der Waals surface area contributed by atoms with E-state index in [4.69, 9.17) is 13.7 Å². The van der Waals surface area contributed by atoms with Gasteiger partial charge in [-0.3, -0.25) is 0 Å².